The highest BCUT2D eigenvalue weighted by molar-refractivity contribution is 5.98. The van der Waals surface area contributed by atoms with Crippen LogP contribution in [0.15, 0.2) is 35.5 Å². The number of anilines is 2. The number of nitrogens with zero attached hydrogens (tertiary/aromatic N) is 3. The van der Waals surface area contributed by atoms with E-state index in [1.54, 1.807) is 25.0 Å². The second-order valence-electron chi connectivity index (χ2n) is 9.01. The van der Waals surface area contributed by atoms with Gasteiger partial charge in [0.15, 0.2) is 0 Å². The number of methoxy groups -OCH3 is 1. The molecule has 0 bridgehead atoms. The lowest BCUT2D eigenvalue weighted by molar-refractivity contribution is -0.131. The fourth-order valence-electron chi connectivity index (χ4n) is 4.69. The summed E-state index contributed by atoms with van der Waals surface area (Å²) in [6, 6.07) is 8.36. The molecule has 4 rings (SSSR count). The zero-order valence-corrected chi connectivity index (χ0v) is 20.4. The molecule has 0 radical (unpaired) electrons. The third kappa shape index (κ3) is 5.24. The number of likely N-dealkylation sites (tertiary alicyclic amines) is 1. The van der Waals surface area contributed by atoms with Crippen molar-refractivity contribution >= 4 is 34.9 Å². The molecule has 4 N–H and O–H groups in total. The van der Waals surface area contributed by atoms with Gasteiger partial charge in [-0.2, -0.15) is 0 Å². The van der Waals surface area contributed by atoms with Crippen LogP contribution in [0.25, 0.3) is 0 Å². The number of hydrogen-bond acceptors (Lipinski definition) is 7. The number of nitrogens with two attached hydrogens (primary N) is 1. The van der Waals surface area contributed by atoms with E-state index in [0.29, 0.717) is 44.5 Å². The summed E-state index contributed by atoms with van der Waals surface area (Å²) in [4.78, 5) is 52.6. The number of carbonyl (C=O) groups is 3. The Balaban J connectivity index is 1.29. The SMILES string of the molecule is COc1ccc2c(c1)CCN(C1CCN(C(=O)CNC(=O)c3cc(C)c(N)c(N=O)c3)CC1)C(=O)N2. The average molecular weight is 495 g/mol. The summed E-state index contributed by atoms with van der Waals surface area (Å²) >= 11 is 0. The predicted molar refractivity (Wildman–Crippen MR) is 135 cm³/mol. The summed E-state index contributed by atoms with van der Waals surface area (Å²) in [6.45, 7) is 3.07. The fourth-order valence-corrected chi connectivity index (χ4v) is 4.69. The van der Waals surface area contributed by atoms with Crippen LogP contribution >= 0.6 is 0 Å². The largest absolute Gasteiger partial charge is 0.497 e. The number of nitrogens with one attached hydrogen (secondary N) is 2. The lowest BCUT2D eigenvalue weighted by Crippen LogP contribution is -2.51. The highest BCUT2D eigenvalue weighted by Crippen LogP contribution is 2.28. The fraction of sp³-hybridized carbons (Fsp3) is 0.400. The molecule has 11 nitrogen and oxygen atoms in total. The maximum Gasteiger partial charge on any atom is 0.322 e. The maximum absolute atomic E-state index is 12.9. The van der Waals surface area contributed by atoms with Gasteiger partial charge in [-0.1, -0.05) is 0 Å². The van der Waals surface area contributed by atoms with Crippen molar-refractivity contribution in [2.75, 3.05) is 44.3 Å². The van der Waals surface area contributed by atoms with E-state index in [9.17, 15) is 19.3 Å². The van der Waals surface area contributed by atoms with Crippen molar-refractivity contribution in [3.8, 4) is 5.75 Å². The summed E-state index contributed by atoms with van der Waals surface area (Å²) in [5, 5.41) is 8.44. The second-order valence-corrected chi connectivity index (χ2v) is 9.01. The highest BCUT2D eigenvalue weighted by Gasteiger charge is 2.31. The lowest BCUT2D eigenvalue weighted by atomic mass is 10.0. The van der Waals surface area contributed by atoms with Crippen molar-refractivity contribution in [1.82, 2.24) is 15.1 Å². The van der Waals surface area contributed by atoms with Crippen molar-refractivity contribution in [1.29, 1.82) is 0 Å². The molecule has 190 valence electrons. The molecule has 4 amide bonds. The van der Waals surface area contributed by atoms with Crippen LogP contribution < -0.4 is 21.1 Å². The van der Waals surface area contributed by atoms with E-state index in [0.717, 1.165) is 17.0 Å². The Kier molecular flexibility index (Phi) is 7.37. The number of amides is 4. The number of nitroso groups, excluding NO2 is 1. The van der Waals surface area contributed by atoms with Gasteiger partial charge in [0, 0.05) is 36.9 Å². The van der Waals surface area contributed by atoms with Crippen LogP contribution in [-0.4, -0.2) is 67.0 Å². The molecule has 2 aromatic carbocycles. The number of fused-ring (bicyclic) bond motifs is 1. The molecule has 2 aliphatic heterocycles. The number of aryl methyl sites for hydroxylation is 1. The Bertz CT molecular complexity index is 1190. The molecular weight excluding hydrogens is 464 g/mol. The lowest BCUT2D eigenvalue weighted by Gasteiger charge is -2.38. The van der Waals surface area contributed by atoms with Crippen LogP contribution in [-0.2, 0) is 11.2 Å². The predicted octanol–water partition coefficient (Wildman–Crippen LogP) is 2.79. The number of carbonyl (C=O) groups excluding carboxylic acids is 3. The minimum atomic E-state index is -0.483. The minimum Gasteiger partial charge on any atom is -0.497 e. The molecule has 1 saturated heterocycles. The van der Waals surface area contributed by atoms with Crippen LogP contribution in [0.5, 0.6) is 5.75 Å². The molecule has 2 aromatic rings. The third-order valence-electron chi connectivity index (χ3n) is 6.82. The van der Waals surface area contributed by atoms with E-state index in [1.165, 1.54) is 6.07 Å². The van der Waals surface area contributed by atoms with Gasteiger partial charge in [-0.3, -0.25) is 9.59 Å². The standard InChI is InChI=1S/C25H30N6O5/c1-15-11-17(13-21(29-35)23(15)26)24(33)27-14-22(32)30-8-6-18(7-9-30)31-10-5-16-12-19(36-2)3-4-20(16)28-25(31)34/h3-4,11-13,18H,5-10,14,26H2,1-2H3,(H,27,33)(H,28,34). The van der Waals surface area contributed by atoms with Gasteiger partial charge in [0.25, 0.3) is 5.91 Å². The van der Waals surface area contributed by atoms with Crippen LogP contribution in [0.1, 0.15) is 34.3 Å². The summed E-state index contributed by atoms with van der Waals surface area (Å²) in [6.07, 6.45) is 2.01. The summed E-state index contributed by atoms with van der Waals surface area (Å²) in [5.74, 6) is 0.0638. The number of nitrogen functional groups attached to an aromatic ring is 1. The Morgan fingerprint density at radius 3 is 2.64 bits per heavy atom. The first-order valence-corrected chi connectivity index (χ1v) is 11.8. The first-order valence-electron chi connectivity index (χ1n) is 11.8. The Morgan fingerprint density at radius 2 is 1.94 bits per heavy atom. The Hall–Kier alpha value is -4.15. The smallest absolute Gasteiger partial charge is 0.322 e. The number of ether oxygens (including phenoxy) is 1. The first kappa shape index (κ1) is 25.0. The van der Waals surface area contributed by atoms with E-state index >= 15 is 0 Å². The first-order chi connectivity index (χ1) is 17.3. The molecular formula is C25H30N6O5. The van der Waals surface area contributed by atoms with Gasteiger partial charge in [0.2, 0.25) is 5.91 Å². The average Bonchev–Trinajstić information content (AvgIpc) is 3.06. The number of piperidine rings is 1. The van der Waals surface area contributed by atoms with Crippen molar-refractivity contribution in [2.24, 2.45) is 5.18 Å². The number of rotatable bonds is 6. The van der Waals surface area contributed by atoms with Gasteiger partial charge >= 0.3 is 6.03 Å². The van der Waals surface area contributed by atoms with Gasteiger partial charge in [-0.25, -0.2) is 4.79 Å². The number of benzene rings is 2. The van der Waals surface area contributed by atoms with Crippen molar-refractivity contribution < 1.29 is 19.1 Å². The van der Waals surface area contributed by atoms with E-state index in [-0.39, 0.29) is 41.5 Å². The quantitative estimate of drug-likeness (QED) is 0.416. The van der Waals surface area contributed by atoms with Crippen LogP contribution in [0.3, 0.4) is 0 Å². The van der Waals surface area contributed by atoms with E-state index in [4.69, 9.17) is 10.5 Å². The maximum atomic E-state index is 12.9. The van der Waals surface area contributed by atoms with Crippen LogP contribution in [0, 0.1) is 11.8 Å². The van der Waals surface area contributed by atoms with Gasteiger partial charge in [0.05, 0.1) is 19.3 Å². The normalized spacial score (nSPS) is 16.0. The minimum absolute atomic E-state index is 0.00617. The molecule has 2 aliphatic rings. The van der Waals surface area contributed by atoms with E-state index in [1.807, 2.05) is 23.1 Å². The number of hydrogen-bond donors (Lipinski definition) is 3. The zero-order valence-electron chi connectivity index (χ0n) is 20.4. The van der Waals surface area contributed by atoms with Gasteiger partial charge < -0.3 is 30.9 Å². The van der Waals surface area contributed by atoms with Gasteiger partial charge in [-0.05, 0) is 72.8 Å². The monoisotopic (exact) mass is 494 g/mol. The molecule has 2 heterocycles. The Morgan fingerprint density at radius 1 is 1.19 bits per heavy atom. The summed E-state index contributed by atoms with van der Waals surface area (Å²) < 4.78 is 5.29. The summed E-state index contributed by atoms with van der Waals surface area (Å²) in [5.41, 5.74) is 8.59. The molecule has 0 saturated carbocycles. The molecule has 36 heavy (non-hydrogen) atoms. The van der Waals surface area contributed by atoms with Crippen molar-refractivity contribution in [2.45, 2.75) is 32.2 Å². The molecule has 11 heteroatoms. The summed E-state index contributed by atoms with van der Waals surface area (Å²) in [7, 11) is 1.61. The molecule has 0 aromatic heterocycles. The van der Waals surface area contributed by atoms with E-state index in [2.05, 4.69) is 15.8 Å². The van der Waals surface area contributed by atoms with Gasteiger partial charge in [-0.15, -0.1) is 4.91 Å². The highest BCUT2D eigenvalue weighted by atomic mass is 16.5. The van der Waals surface area contributed by atoms with Crippen molar-refractivity contribution in [3.63, 3.8) is 0 Å². The third-order valence-corrected chi connectivity index (χ3v) is 6.82. The molecule has 0 atom stereocenters. The molecule has 0 unspecified atom stereocenters. The van der Waals surface area contributed by atoms with E-state index < -0.39 is 5.91 Å². The van der Waals surface area contributed by atoms with Crippen molar-refractivity contribution in [3.05, 3.63) is 51.9 Å². The topological polar surface area (TPSA) is 146 Å². The van der Waals surface area contributed by atoms with Crippen LogP contribution in [0.2, 0.25) is 0 Å². The second kappa shape index (κ2) is 10.6. The zero-order chi connectivity index (χ0) is 25.8. The Labute approximate surface area is 208 Å². The molecule has 0 spiro atoms. The number of urea groups is 1. The van der Waals surface area contributed by atoms with Gasteiger partial charge in [0.1, 0.15) is 11.4 Å². The van der Waals surface area contributed by atoms with Crippen LogP contribution in [0.4, 0.5) is 21.9 Å². The molecule has 1 fully saturated rings. The molecule has 0 aliphatic carbocycles.